The first-order chi connectivity index (χ1) is 11.1. The third kappa shape index (κ3) is 36.3. The van der Waals surface area contributed by atoms with Crippen LogP contribution >= 0.6 is 0 Å². The zero-order valence-electron chi connectivity index (χ0n) is 18.2. The molecule has 0 aliphatic rings. The van der Waals surface area contributed by atoms with Crippen molar-refractivity contribution in [3.05, 3.63) is 0 Å². The smallest absolute Gasteiger partial charge is 0.861 e. The van der Waals surface area contributed by atoms with Gasteiger partial charge in [0.15, 0.2) is 0 Å². The van der Waals surface area contributed by atoms with Crippen LogP contribution in [0.1, 0.15) is 110 Å². The fourth-order valence-electron chi connectivity index (χ4n) is 2.85. The maximum absolute atomic E-state index is 10.3. The van der Waals surface area contributed by atoms with E-state index in [0.717, 1.165) is 12.8 Å². The minimum Gasteiger partial charge on any atom is -0.861 e. The number of rotatable bonds is 18. The van der Waals surface area contributed by atoms with Crippen LogP contribution in [-0.4, -0.2) is 15.7 Å². The first kappa shape index (κ1) is 38.2. The van der Waals surface area contributed by atoms with Crippen molar-refractivity contribution in [1.82, 2.24) is 0 Å². The Morgan fingerprint density at radius 3 is 1.04 bits per heavy atom. The van der Waals surface area contributed by atoms with Gasteiger partial charge < -0.3 is 18.8 Å². The van der Waals surface area contributed by atoms with Gasteiger partial charge in [-0.25, -0.2) is 0 Å². The molecule has 0 spiro atoms. The third-order valence-electron chi connectivity index (χ3n) is 4.28. The molecule has 4 nitrogen and oxygen atoms in total. The van der Waals surface area contributed by atoms with Gasteiger partial charge in [-0.3, -0.25) is 0 Å². The van der Waals surface area contributed by atoms with Crippen LogP contribution in [0.25, 0.3) is 0 Å². The molecule has 0 aromatic carbocycles. The maximum Gasteiger partial charge on any atom is 1.00 e. The first-order valence-electron chi connectivity index (χ1n) is 9.81. The van der Waals surface area contributed by atoms with Crippen LogP contribution in [-0.2, 0) is 4.43 Å². The van der Waals surface area contributed by atoms with E-state index in [-0.39, 0.29) is 161 Å². The molecule has 0 heterocycles. The molecule has 0 N–H and O–H groups in total. The van der Waals surface area contributed by atoms with Gasteiger partial charge in [-0.05, 0) is 6.42 Å². The van der Waals surface area contributed by atoms with Gasteiger partial charge >= 0.3 is 154 Å². The molecule has 0 radical (unpaired) electrons. The Kier molecular flexibility index (Phi) is 44.1. The van der Waals surface area contributed by atoms with Crippen LogP contribution < -0.4 is 169 Å². The summed E-state index contributed by atoms with van der Waals surface area (Å²) in [7, 11) is -5.02. The minimum atomic E-state index is -5.02. The summed E-state index contributed by atoms with van der Waals surface area (Å²) < 4.78 is 4.22. The SMILES string of the molecule is CCCCCCCCCCCCCCCCCCO[Si]([O-])([O-])[O-].[K+].[K+].[K+]. The molecule has 0 aliphatic heterocycles. The van der Waals surface area contributed by atoms with Gasteiger partial charge in [-0.2, -0.15) is 0 Å². The van der Waals surface area contributed by atoms with E-state index in [4.69, 9.17) is 0 Å². The van der Waals surface area contributed by atoms with Gasteiger partial charge in [0, 0.05) is 6.61 Å². The van der Waals surface area contributed by atoms with Crippen molar-refractivity contribution >= 4 is 9.05 Å². The number of hydrogen-bond acceptors (Lipinski definition) is 4. The van der Waals surface area contributed by atoms with Crippen LogP contribution in [0.5, 0.6) is 0 Å². The van der Waals surface area contributed by atoms with E-state index in [9.17, 15) is 14.4 Å². The molecule has 0 aromatic heterocycles. The van der Waals surface area contributed by atoms with Gasteiger partial charge in [0.25, 0.3) is 0 Å². The molecule has 0 bridgehead atoms. The van der Waals surface area contributed by atoms with Crippen molar-refractivity contribution in [2.24, 2.45) is 0 Å². The standard InChI is InChI=1S/C18H37O4Si.3K/c1-2-3-4-5-6-7-8-9-10-11-12-13-14-15-16-17-18-22-23(19,20)21;;;/h2-18H2,1H3;;;/q-3;3*+1. The summed E-state index contributed by atoms with van der Waals surface area (Å²) in [6.45, 7) is 2.32. The van der Waals surface area contributed by atoms with Crippen molar-refractivity contribution < 1.29 is 173 Å². The molecule has 0 atom stereocenters. The molecule has 140 valence electrons. The van der Waals surface area contributed by atoms with E-state index in [1.54, 1.807) is 0 Å². The second kappa shape index (κ2) is 30.0. The molecule has 0 aromatic rings. The summed E-state index contributed by atoms with van der Waals surface area (Å²) in [6, 6.07) is 0. The quantitative estimate of drug-likeness (QED) is 0.150. The van der Waals surface area contributed by atoms with E-state index >= 15 is 0 Å². The maximum atomic E-state index is 10.3. The first-order valence-corrected chi connectivity index (χ1v) is 11.4. The van der Waals surface area contributed by atoms with E-state index in [1.807, 2.05) is 0 Å². The van der Waals surface area contributed by atoms with Crippen LogP contribution in [0.15, 0.2) is 0 Å². The summed E-state index contributed by atoms with van der Waals surface area (Å²) in [4.78, 5) is 30.8. The molecule has 26 heavy (non-hydrogen) atoms. The van der Waals surface area contributed by atoms with Gasteiger partial charge in [-0.1, -0.05) is 103 Å². The Bertz CT molecular complexity index is 245. The van der Waals surface area contributed by atoms with Crippen LogP contribution in [0.3, 0.4) is 0 Å². The second-order valence-electron chi connectivity index (χ2n) is 6.65. The Morgan fingerprint density at radius 2 is 0.769 bits per heavy atom. The van der Waals surface area contributed by atoms with Crippen LogP contribution in [0.4, 0.5) is 0 Å². The summed E-state index contributed by atoms with van der Waals surface area (Å²) in [5, 5.41) is 0. The van der Waals surface area contributed by atoms with Crippen molar-refractivity contribution in [3.63, 3.8) is 0 Å². The largest absolute Gasteiger partial charge is 1.00 e. The zero-order valence-corrected chi connectivity index (χ0v) is 28.5. The van der Waals surface area contributed by atoms with Gasteiger partial charge in [0.1, 0.15) is 0 Å². The van der Waals surface area contributed by atoms with E-state index < -0.39 is 9.05 Å². The predicted molar refractivity (Wildman–Crippen MR) is 91.3 cm³/mol. The van der Waals surface area contributed by atoms with Gasteiger partial charge in [-0.15, -0.1) is 9.05 Å². The molecule has 0 amide bonds. The average Bonchev–Trinajstić information content (AvgIpc) is 2.49. The van der Waals surface area contributed by atoms with Crippen molar-refractivity contribution in [2.45, 2.75) is 110 Å². The fourth-order valence-corrected chi connectivity index (χ4v) is 3.24. The summed E-state index contributed by atoms with van der Waals surface area (Å²) in [5.74, 6) is 0. The third-order valence-corrected chi connectivity index (χ3v) is 4.83. The number of unbranched alkanes of at least 4 members (excludes halogenated alkanes) is 15. The van der Waals surface area contributed by atoms with Crippen LogP contribution in [0.2, 0.25) is 0 Å². The van der Waals surface area contributed by atoms with Gasteiger partial charge in [0.2, 0.25) is 0 Å². The zero-order chi connectivity index (χ0) is 17.2. The Balaban J connectivity index is -0.000000807. The Labute approximate surface area is 291 Å². The molecule has 0 aliphatic carbocycles. The van der Waals surface area contributed by atoms with Crippen molar-refractivity contribution in [1.29, 1.82) is 0 Å². The molecule has 0 saturated carbocycles. The predicted octanol–water partition coefficient (Wildman–Crippen LogP) is -6.21. The normalized spacial score (nSPS) is 10.6. The van der Waals surface area contributed by atoms with E-state index in [0.29, 0.717) is 6.42 Å². The van der Waals surface area contributed by atoms with E-state index in [1.165, 1.54) is 83.5 Å². The molecule has 8 heteroatoms. The molecule has 0 saturated heterocycles. The molecule has 0 rings (SSSR count). The van der Waals surface area contributed by atoms with Crippen molar-refractivity contribution in [2.75, 3.05) is 6.61 Å². The summed E-state index contributed by atoms with van der Waals surface area (Å²) in [5.41, 5.74) is 0. The van der Waals surface area contributed by atoms with Crippen LogP contribution in [0, 0.1) is 0 Å². The Morgan fingerprint density at radius 1 is 0.500 bits per heavy atom. The second-order valence-corrected chi connectivity index (χ2v) is 7.94. The Hall–Kier alpha value is 4.97. The number of hydrogen-bond donors (Lipinski definition) is 0. The minimum absolute atomic E-state index is 0. The average molecular weight is 463 g/mol. The van der Waals surface area contributed by atoms with E-state index in [2.05, 4.69) is 11.3 Å². The molecular formula is C18H37K3O4Si. The summed E-state index contributed by atoms with van der Waals surface area (Å²) in [6.07, 6.45) is 20.4. The fraction of sp³-hybridized carbons (Fsp3) is 1.00. The molecule has 0 fully saturated rings. The topological polar surface area (TPSA) is 78.4 Å². The monoisotopic (exact) mass is 462 g/mol. The van der Waals surface area contributed by atoms with Gasteiger partial charge in [0.05, 0.1) is 0 Å². The molecular weight excluding hydrogens is 426 g/mol. The molecule has 0 unspecified atom stereocenters. The van der Waals surface area contributed by atoms with Crippen molar-refractivity contribution in [3.8, 4) is 0 Å². The summed E-state index contributed by atoms with van der Waals surface area (Å²) >= 11 is 0.